The first-order chi connectivity index (χ1) is 8.33. The monoisotopic (exact) mass is 231 g/mol. The number of H-pyrrole nitrogens is 1. The zero-order valence-corrected chi connectivity index (χ0v) is 10.2. The number of rotatable bonds is 5. The standard InChI is InChI=1S/C13H17N3O/c1-3-17-12-6-4-10(5-7-12)13-8-11(9-14-2)15-16-13/h4-8,14H,3,9H2,1-2H3,(H,15,16). The van der Waals surface area contributed by atoms with Crippen molar-refractivity contribution in [3.63, 3.8) is 0 Å². The predicted molar refractivity (Wildman–Crippen MR) is 68.0 cm³/mol. The molecule has 4 nitrogen and oxygen atoms in total. The zero-order chi connectivity index (χ0) is 12.1. The van der Waals surface area contributed by atoms with Crippen molar-refractivity contribution in [1.29, 1.82) is 0 Å². The van der Waals surface area contributed by atoms with Crippen LogP contribution in [0.2, 0.25) is 0 Å². The van der Waals surface area contributed by atoms with E-state index in [9.17, 15) is 0 Å². The topological polar surface area (TPSA) is 49.9 Å². The summed E-state index contributed by atoms with van der Waals surface area (Å²) in [6, 6.07) is 10.0. The number of ether oxygens (including phenoxy) is 1. The Hall–Kier alpha value is -1.81. The van der Waals surface area contributed by atoms with Crippen LogP contribution in [0.15, 0.2) is 30.3 Å². The van der Waals surface area contributed by atoms with Gasteiger partial charge in [-0.3, -0.25) is 5.10 Å². The molecule has 2 aromatic rings. The van der Waals surface area contributed by atoms with Gasteiger partial charge in [0.1, 0.15) is 5.75 Å². The molecule has 0 aliphatic rings. The quantitative estimate of drug-likeness (QED) is 0.829. The van der Waals surface area contributed by atoms with Crippen LogP contribution in [0.4, 0.5) is 0 Å². The summed E-state index contributed by atoms with van der Waals surface area (Å²) in [6.45, 7) is 3.46. The fourth-order valence-electron chi connectivity index (χ4n) is 1.68. The van der Waals surface area contributed by atoms with Gasteiger partial charge in [-0.05, 0) is 44.3 Å². The summed E-state index contributed by atoms with van der Waals surface area (Å²) in [6.07, 6.45) is 0. The second-order valence-electron chi connectivity index (χ2n) is 3.77. The third-order valence-electron chi connectivity index (χ3n) is 2.46. The summed E-state index contributed by atoms with van der Waals surface area (Å²) in [5.41, 5.74) is 3.13. The van der Waals surface area contributed by atoms with Crippen molar-refractivity contribution in [2.45, 2.75) is 13.5 Å². The van der Waals surface area contributed by atoms with Gasteiger partial charge in [0.2, 0.25) is 0 Å². The predicted octanol–water partition coefficient (Wildman–Crippen LogP) is 2.19. The first-order valence-corrected chi connectivity index (χ1v) is 5.75. The molecule has 0 spiro atoms. The van der Waals surface area contributed by atoms with E-state index in [0.29, 0.717) is 6.61 Å². The molecule has 0 saturated heterocycles. The van der Waals surface area contributed by atoms with Crippen LogP contribution in [0.1, 0.15) is 12.6 Å². The minimum absolute atomic E-state index is 0.689. The lowest BCUT2D eigenvalue weighted by atomic mass is 10.1. The molecule has 4 heteroatoms. The van der Waals surface area contributed by atoms with Gasteiger partial charge in [0.25, 0.3) is 0 Å². The Morgan fingerprint density at radius 3 is 2.71 bits per heavy atom. The van der Waals surface area contributed by atoms with Crippen molar-refractivity contribution >= 4 is 0 Å². The van der Waals surface area contributed by atoms with E-state index < -0.39 is 0 Å². The van der Waals surface area contributed by atoms with Crippen LogP contribution in [-0.4, -0.2) is 23.9 Å². The summed E-state index contributed by atoms with van der Waals surface area (Å²) in [7, 11) is 1.91. The first kappa shape index (κ1) is 11.7. The zero-order valence-electron chi connectivity index (χ0n) is 10.2. The molecule has 0 saturated carbocycles. The van der Waals surface area contributed by atoms with E-state index in [4.69, 9.17) is 4.74 Å². The molecule has 0 aliphatic carbocycles. The highest BCUT2D eigenvalue weighted by Crippen LogP contribution is 2.21. The first-order valence-electron chi connectivity index (χ1n) is 5.75. The Morgan fingerprint density at radius 1 is 1.29 bits per heavy atom. The lowest BCUT2D eigenvalue weighted by Gasteiger charge is -2.02. The molecule has 17 heavy (non-hydrogen) atoms. The molecule has 0 unspecified atom stereocenters. The van der Waals surface area contributed by atoms with Gasteiger partial charge in [0.05, 0.1) is 12.3 Å². The molecule has 2 N–H and O–H groups in total. The van der Waals surface area contributed by atoms with Crippen LogP contribution in [0, 0.1) is 0 Å². The number of nitrogens with zero attached hydrogens (tertiary/aromatic N) is 1. The lowest BCUT2D eigenvalue weighted by molar-refractivity contribution is 0.340. The smallest absolute Gasteiger partial charge is 0.119 e. The second-order valence-corrected chi connectivity index (χ2v) is 3.77. The van der Waals surface area contributed by atoms with Gasteiger partial charge in [0, 0.05) is 17.8 Å². The van der Waals surface area contributed by atoms with Gasteiger partial charge in [0.15, 0.2) is 0 Å². The Kier molecular flexibility index (Phi) is 3.77. The van der Waals surface area contributed by atoms with Crippen molar-refractivity contribution in [1.82, 2.24) is 15.5 Å². The molecule has 2 rings (SSSR count). The number of hydrogen-bond donors (Lipinski definition) is 2. The molecule has 0 atom stereocenters. The average Bonchev–Trinajstić information content (AvgIpc) is 2.80. The van der Waals surface area contributed by atoms with Crippen LogP contribution < -0.4 is 10.1 Å². The third kappa shape index (κ3) is 2.85. The maximum Gasteiger partial charge on any atom is 0.119 e. The second kappa shape index (κ2) is 5.50. The van der Waals surface area contributed by atoms with Crippen molar-refractivity contribution in [2.24, 2.45) is 0 Å². The number of benzene rings is 1. The van der Waals surface area contributed by atoms with Crippen LogP contribution in [0.5, 0.6) is 5.75 Å². The molecule has 1 aromatic heterocycles. The molecule has 90 valence electrons. The van der Waals surface area contributed by atoms with E-state index in [1.165, 1.54) is 0 Å². The largest absolute Gasteiger partial charge is 0.494 e. The van der Waals surface area contributed by atoms with E-state index in [2.05, 4.69) is 15.5 Å². The maximum absolute atomic E-state index is 5.40. The molecule has 0 fully saturated rings. The summed E-state index contributed by atoms with van der Waals surface area (Å²) in [5.74, 6) is 0.891. The van der Waals surface area contributed by atoms with Gasteiger partial charge in [-0.1, -0.05) is 0 Å². The number of aromatic amines is 1. The Labute approximate surface area is 101 Å². The van der Waals surface area contributed by atoms with E-state index in [1.807, 2.05) is 44.3 Å². The molecule has 0 bridgehead atoms. The van der Waals surface area contributed by atoms with Gasteiger partial charge in [-0.2, -0.15) is 5.10 Å². The fraction of sp³-hybridized carbons (Fsp3) is 0.308. The highest BCUT2D eigenvalue weighted by molar-refractivity contribution is 5.60. The Bertz CT molecular complexity index is 462. The molecular formula is C13H17N3O. The minimum atomic E-state index is 0.689. The van der Waals surface area contributed by atoms with Gasteiger partial charge < -0.3 is 10.1 Å². The summed E-state index contributed by atoms with van der Waals surface area (Å²) >= 11 is 0. The normalized spacial score (nSPS) is 10.5. The average molecular weight is 231 g/mol. The van der Waals surface area contributed by atoms with Crippen molar-refractivity contribution in [2.75, 3.05) is 13.7 Å². The molecular weight excluding hydrogens is 214 g/mol. The third-order valence-corrected chi connectivity index (χ3v) is 2.46. The Balaban J connectivity index is 2.15. The highest BCUT2D eigenvalue weighted by Gasteiger charge is 2.03. The van der Waals surface area contributed by atoms with Gasteiger partial charge >= 0.3 is 0 Å². The van der Waals surface area contributed by atoms with Crippen molar-refractivity contribution < 1.29 is 4.74 Å². The summed E-state index contributed by atoms with van der Waals surface area (Å²) in [5, 5.41) is 10.4. The van der Waals surface area contributed by atoms with Crippen LogP contribution in [0.3, 0.4) is 0 Å². The van der Waals surface area contributed by atoms with Gasteiger partial charge in [-0.25, -0.2) is 0 Å². The maximum atomic E-state index is 5.40. The lowest BCUT2D eigenvalue weighted by Crippen LogP contribution is -2.04. The van der Waals surface area contributed by atoms with E-state index >= 15 is 0 Å². The molecule has 0 aliphatic heterocycles. The number of hydrogen-bond acceptors (Lipinski definition) is 3. The summed E-state index contributed by atoms with van der Waals surface area (Å²) < 4.78 is 5.40. The molecule has 0 amide bonds. The van der Waals surface area contributed by atoms with E-state index in [-0.39, 0.29) is 0 Å². The van der Waals surface area contributed by atoms with Crippen molar-refractivity contribution in [3.05, 3.63) is 36.0 Å². The molecule has 1 heterocycles. The fourth-order valence-corrected chi connectivity index (χ4v) is 1.68. The Morgan fingerprint density at radius 2 is 2.06 bits per heavy atom. The van der Waals surface area contributed by atoms with Crippen LogP contribution >= 0.6 is 0 Å². The van der Waals surface area contributed by atoms with Crippen LogP contribution in [0.25, 0.3) is 11.3 Å². The number of nitrogens with one attached hydrogen (secondary N) is 2. The summed E-state index contributed by atoms with van der Waals surface area (Å²) in [4.78, 5) is 0. The van der Waals surface area contributed by atoms with Crippen molar-refractivity contribution in [3.8, 4) is 17.0 Å². The molecule has 1 aromatic carbocycles. The SMILES string of the molecule is CCOc1ccc(-c2cc(CNC)[nH]n2)cc1. The van der Waals surface area contributed by atoms with E-state index in [0.717, 1.165) is 29.2 Å². The molecule has 0 radical (unpaired) electrons. The van der Waals surface area contributed by atoms with E-state index in [1.54, 1.807) is 0 Å². The van der Waals surface area contributed by atoms with Crippen LogP contribution in [-0.2, 0) is 6.54 Å². The minimum Gasteiger partial charge on any atom is -0.494 e. The van der Waals surface area contributed by atoms with Gasteiger partial charge in [-0.15, -0.1) is 0 Å². The highest BCUT2D eigenvalue weighted by atomic mass is 16.5. The number of aromatic nitrogens is 2.